The molecule has 0 saturated carbocycles. The Morgan fingerprint density at radius 3 is 2.62 bits per heavy atom. The van der Waals surface area contributed by atoms with Crippen LogP contribution in [0.2, 0.25) is 0 Å². The second-order valence-corrected chi connectivity index (χ2v) is 5.58. The molecule has 1 amide bonds. The maximum atomic E-state index is 12.3. The SMILES string of the molecule is CC1(C(=O)Nc2ccc(CCC(=O)O)cc2)COCC1N. The van der Waals surface area contributed by atoms with Crippen molar-refractivity contribution in [3.8, 4) is 0 Å². The first-order valence-corrected chi connectivity index (χ1v) is 6.87. The van der Waals surface area contributed by atoms with Gasteiger partial charge >= 0.3 is 5.97 Å². The standard InChI is InChI=1S/C15H20N2O4/c1-15(9-21-8-12(15)16)14(20)17-11-5-2-10(3-6-11)4-7-13(18)19/h2-3,5-6,12H,4,7-9,16H2,1H3,(H,17,20)(H,18,19). The number of rotatable bonds is 5. The Hall–Kier alpha value is -1.92. The molecule has 0 bridgehead atoms. The molecular formula is C15H20N2O4. The van der Waals surface area contributed by atoms with Crippen LogP contribution in [0.1, 0.15) is 18.9 Å². The number of aliphatic carboxylic acids is 1. The fourth-order valence-corrected chi connectivity index (χ4v) is 2.20. The number of carboxylic acids is 1. The summed E-state index contributed by atoms with van der Waals surface area (Å²) in [6, 6.07) is 6.84. The highest BCUT2D eigenvalue weighted by molar-refractivity contribution is 5.96. The first-order valence-electron chi connectivity index (χ1n) is 6.87. The summed E-state index contributed by atoms with van der Waals surface area (Å²) in [7, 11) is 0. The Morgan fingerprint density at radius 1 is 1.43 bits per heavy atom. The van der Waals surface area contributed by atoms with Crippen LogP contribution >= 0.6 is 0 Å². The van der Waals surface area contributed by atoms with E-state index in [9.17, 15) is 9.59 Å². The van der Waals surface area contributed by atoms with E-state index in [0.717, 1.165) is 5.56 Å². The van der Waals surface area contributed by atoms with Gasteiger partial charge in [0, 0.05) is 18.2 Å². The van der Waals surface area contributed by atoms with Crippen LogP contribution in [0.5, 0.6) is 0 Å². The van der Waals surface area contributed by atoms with Gasteiger partial charge in [0.25, 0.3) is 0 Å². The fraction of sp³-hybridized carbons (Fsp3) is 0.467. The highest BCUT2D eigenvalue weighted by Crippen LogP contribution is 2.28. The molecule has 0 aliphatic carbocycles. The lowest BCUT2D eigenvalue weighted by atomic mass is 9.85. The summed E-state index contributed by atoms with van der Waals surface area (Å²) >= 11 is 0. The fourth-order valence-electron chi connectivity index (χ4n) is 2.20. The number of nitrogens with one attached hydrogen (secondary N) is 1. The minimum Gasteiger partial charge on any atom is -0.481 e. The topological polar surface area (TPSA) is 102 Å². The van der Waals surface area contributed by atoms with Crippen LogP contribution in [0.15, 0.2) is 24.3 Å². The molecule has 2 unspecified atom stereocenters. The van der Waals surface area contributed by atoms with Crippen LogP contribution < -0.4 is 11.1 Å². The van der Waals surface area contributed by atoms with Gasteiger partial charge in [-0.25, -0.2) is 0 Å². The van der Waals surface area contributed by atoms with Crippen molar-refractivity contribution in [3.05, 3.63) is 29.8 Å². The van der Waals surface area contributed by atoms with Crippen LogP contribution in [0, 0.1) is 5.41 Å². The molecule has 114 valence electrons. The van der Waals surface area contributed by atoms with E-state index in [0.29, 0.717) is 25.3 Å². The van der Waals surface area contributed by atoms with Gasteiger partial charge < -0.3 is 20.9 Å². The lowest BCUT2D eigenvalue weighted by Gasteiger charge is -2.25. The first-order chi connectivity index (χ1) is 9.91. The molecule has 1 fully saturated rings. The molecule has 6 heteroatoms. The highest BCUT2D eigenvalue weighted by Gasteiger charge is 2.44. The van der Waals surface area contributed by atoms with E-state index in [4.69, 9.17) is 15.6 Å². The van der Waals surface area contributed by atoms with Crippen LogP contribution in [-0.4, -0.2) is 36.2 Å². The molecule has 1 aliphatic heterocycles. The zero-order valence-corrected chi connectivity index (χ0v) is 12.0. The van der Waals surface area contributed by atoms with E-state index in [2.05, 4.69) is 5.32 Å². The van der Waals surface area contributed by atoms with E-state index in [1.807, 2.05) is 12.1 Å². The second-order valence-electron chi connectivity index (χ2n) is 5.58. The predicted molar refractivity (Wildman–Crippen MR) is 77.9 cm³/mol. The van der Waals surface area contributed by atoms with Gasteiger partial charge in [0.05, 0.1) is 18.6 Å². The van der Waals surface area contributed by atoms with Gasteiger partial charge in [0.2, 0.25) is 5.91 Å². The molecule has 1 aromatic rings. The van der Waals surface area contributed by atoms with Gasteiger partial charge in [-0.15, -0.1) is 0 Å². The first kappa shape index (κ1) is 15.5. The van der Waals surface area contributed by atoms with E-state index < -0.39 is 11.4 Å². The molecule has 1 heterocycles. The smallest absolute Gasteiger partial charge is 0.303 e. The van der Waals surface area contributed by atoms with Gasteiger partial charge in [0.1, 0.15) is 0 Å². The zero-order chi connectivity index (χ0) is 15.5. The number of carbonyl (C=O) groups excluding carboxylic acids is 1. The van der Waals surface area contributed by atoms with Crippen LogP contribution in [0.25, 0.3) is 0 Å². The number of amides is 1. The molecule has 1 aromatic carbocycles. The molecule has 1 aliphatic rings. The molecule has 21 heavy (non-hydrogen) atoms. The Balaban J connectivity index is 1.97. The molecular weight excluding hydrogens is 272 g/mol. The summed E-state index contributed by atoms with van der Waals surface area (Å²) in [4.78, 5) is 22.8. The number of nitrogens with two attached hydrogens (primary N) is 1. The molecule has 6 nitrogen and oxygen atoms in total. The van der Waals surface area contributed by atoms with Gasteiger partial charge in [0.15, 0.2) is 0 Å². The summed E-state index contributed by atoms with van der Waals surface area (Å²) in [5.41, 5.74) is 6.78. The number of hydrogen-bond acceptors (Lipinski definition) is 4. The average molecular weight is 292 g/mol. The number of carbonyl (C=O) groups is 2. The Bertz CT molecular complexity index is 529. The highest BCUT2D eigenvalue weighted by atomic mass is 16.5. The zero-order valence-electron chi connectivity index (χ0n) is 12.0. The number of anilines is 1. The Kier molecular flexibility index (Phi) is 4.59. The quantitative estimate of drug-likeness (QED) is 0.751. The summed E-state index contributed by atoms with van der Waals surface area (Å²) < 4.78 is 5.26. The van der Waals surface area contributed by atoms with E-state index in [1.54, 1.807) is 19.1 Å². The maximum absolute atomic E-state index is 12.3. The molecule has 2 atom stereocenters. The monoisotopic (exact) mass is 292 g/mol. The van der Waals surface area contributed by atoms with Crippen molar-refractivity contribution < 1.29 is 19.4 Å². The minimum atomic E-state index is -0.824. The predicted octanol–water partition coefficient (Wildman–Crippen LogP) is 1.01. The summed E-state index contributed by atoms with van der Waals surface area (Å²) in [5, 5.41) is 11.5. The van der Waals surface area contributed by atoms with Gasteiger partial charge in [-0.05, 0) is 31.0 Å². The lowest BCUT2D eigenvalue weighted by Crippen LogP contribution is -2.47. The van der Waals surface area contributed by atoms with Gasteiger partial charge in [-0.1, -0.05) is 12.1 Å². The lowest BCUT2D eigenvalue weighted by molar-refractivity contribution is -0.137. The van der Waals surface area contributed by atoms with E-state index in [-0.39, 0.29) is 18.4 Å². The van der Waals surface area contributed by atoms with Crippen molar-refractivity contribution in [2.45, 2.75) is 25.8 Å². The van der Waals surface area contributed by atoms with Gasteiger partial charge in [-0.2, -0.15) is 0 Å². The van der Waals surface area contributed by atoms with Crippen LogP contribution in [0.4, 0.5) is 5.69 Å². The third-order valence-electron chi connectivity index (χ3n) is 3.88. The third-order valence-corrected chi connectivity index (χ3v) is 3.88. The maximum Gasteiger partial charge on any atom is 0.303 e. The van der Waals surface area contributed by atoms with Crippen molar-refractivity contribution in [2.24, 2.45) is 11.1 Å². The van der Waals surface area contributed by atoms with Crippen molar-refractivity contribution in [2.75, 3.05) is 18.5 Å². The molecule has 1 saturated heterocycles. The van der Waals surface area contributed by atoms with Crippen LogP contribution in [0.3, 0.4) is 0 Å². The van der Waals surface area contributed by atoms with E-state index >= 15 is 0 Å². The normalized spacial score (nSPS) is 24.8. The van der Waals surface area contributed by atoms with Crippen molar-refractivity contribution >= 4 is 17.6 Å². The molecule has 0 spiro atoms. The number of carboxylic acid groups (broad SMARTS) is 1. The van der Waals surface area contributed by atoms with Crippen LogP contribution in [-0.2, 0) is 20.7 Å². The Morgan fingerprint density at radius 2 is 2.10 bits per heavy atom. The van der Waals surface area contributed by atoms with Gasteiger partial charge in [-0.3, -0.25) is 9.59 Å². The number of ether oxygens (including phenoxy) is 1. The second kappa shape index (κ2) is 6.24. The molecule has 0 radical (unpaired) electrons. The third kappa shape index (κ3) is 3.59. The Labute approximate surface area is 123 Å². The number of aryl methyl sites for hydroxylation is 1. The van der Waals surface area contributed by atoms with E-state index in [1.165, 1.54) is 0 Å². The van der Waals surface area contributed by atoms with Crippen molar-refractivity contribution in [3.63, 3.8) is 0 Å². The molecule has 2 rings (SSSR count). The minimum absolute atomic E-state index is 0.0932. The summed E-state index contributed by atoms with van der Waals surface area (Å²) in [6.07, 6.45) is 0.565. The molecule has 4 N–H and O–H groups in total. The summed E-state index contributed by atoms with van der Waals surface area (Å²) in [5.74, 6) is -0.985. The van der Waals surface area contributed by atoms with Crippen molar-refractivity contribution in [1.82, 2.24) is 0 Å². The molecule has 0 aromatic heterocycles. The van der Waals surface area contributed by atoms with Crippen molar-refractivity contribution in [1.29, 1.82) is 0 Å². The summed E-state index contributed by atoms with van der Waals surface area (Å²) in [6.45, 7) is 2.50. The average Bonchev–Trinajstić information content (AvgIpc) is 2.79. The number of benzene rings is 1. The number of hydrogen-bond donors (Lipinski definition) is 3. The largest absolute Gasteiger partial charge is 0.481 e.